The van der Waals surface area contributed by atoms with Gasteiger partial charge in [0.15, 0.2) is 6.29 Å². The third-order valence-electron chi connectivity index (χ3n) is 3.39. The van der Waals surface area contributed by atoms with Gasteiger partial charge in [-0.2, -0.15) is 0 Å². The van der Waals surface area contributed by atoms with Crippen LogP contribution >= 0.6 is 45.2 Å². The Morgan fingerprint density at radius 1 is 0.960 bits per heavy atom. The van der Waals surface area contributed by atoms with E-state index in [1.165, 1.54) is 4.90 Å². The highest BCUT2D eigenvalue weighted by Crippen LogP contribution is 1.94. The van der Waals surface area contributed by atoms with Crippen molar-refractivity contribution in [3.8, 4) is 0 Å². The molecule has 0 bridgehead atoms. The lowest BCUT2D eigenvalue weighted by Crippen LogP contribution is -3.12. The van der Waals surface area contributed by atoms with Gasteiger partial charge in [-0.05, 0) is 0 Å². The number of quaternary nitrogens is 1. The second-order valence-electron chi connectivity index (χ2n) is 5.47. The molecule has 2 N–H and O–H groups in total. The number of aliphatic hydroxyl groups is 1. The lowest BCUT2D eigenvalue weighted by molar-refractivity contribution is -0.900. The van der Waals surface area contributed by atoms with Gasteiger partial charge in [-0.3, -0.25) is 9.59 Å². The number of carbonyl (C=O) groups excluding carboxylic acids is 2. The van der Waals surface area contributed by atoms with Crippen molar-refractivity contribution in [2.45, 2.75) is 38.9 Å². The van der Waals surface area contributed by atoms with E-state index in [4.69, 9.17) is 14.2 Å². The summed E-state index contributed by atoms with van der Waals surface area (Å²) in [5.41, 5.74) is 0. The van der Waals surface area contributed by atoms with Crippen LogP contribution in [0.4, 0.5) is 0 Å². The van der Waals surface area contributed by atoms with Gasteiger partial charge in [0.05, 0.1) is 48.3 Å². The Kier molecular flexibility index (Phi) is 17.9. The lowest BCUT2D eigenvalue weighted by atomic mass is 10.3. The molecule has 2 atom stereocenters. The van der Waals surface area contributed by atoms with E-state index in [-0.39, 0.29) is 11.9 Å². The number of halogens is 2. The van der Waals surface area contributed by atoms with Crippen molar-refractivity contribution in [3.05, 3.63) is 0 Å². The summed E-state index contributed by atoms with van der Waals surface area (Å²) in [6, 6.07) is 0. The summed E-state index contributed by atoms with van der Waals surface area (Å²) in [5.74, 6) is -0.358. The number of aliphatic hydroxyl groups excluding tert-OH is 1. The first-order valence-electron chi connectivity index (χ1n) is 8.59. The van der Waals surface area contributed by atoms with Gasteiger partial charge in [-0.25, -0.2) is 0 Å². The van der Waals surface area contributed by atoms with Crippen molar-refractivity contribution in [2.75, 3.05) is 48.3 Å². The van der Waals surface area contributed by atoms with E-state index < -0.39 is 6.29 Å². The Morgan fingerprint density at radius 2 is 1.48 bits per heavy atom. The Hall–Kier alpha value is 0.280. The molecular weight excluding hydrogens is 556 g/mol. The molecule has 0 aliphatic heterocycles. The summed E-state index contributed by atoms with van der Waals surface area (Å²) in [6.07, 6.45) is 2.13. The first kappa shape index (κ1) is 25.3. The lowest BCUT2D eigenvalue weighted by Gasteiger charge is -2.20. The maximum atomic E-state index is 11.1. The fourth-order valence-electron chi connectivity index (χ4n) is 2.12. The van der Waals surface area contributed by atoms with Crippen molar-refractivity contribution < 1.29 is 33.8 Å². The van der Waals surface area contributed by atoms with Crippen molar-refractivity contribution >= 4 is 57.1 Å². The smallest absolute Gasteiger partial charge is 0.315 e. The van der Waals surface area contributed by atoms with Crippen molar-refractivity contribution in [3.63, 3.8) is 0 Å². The van der Waals surface area contributed by atoms with Crippen LogP contribution in [0.25, 0.3) is 0 Å². The quantitative estimate of drug-likeness (QED) is 0.0914. The minimum absolute atomic E-state index is 0.173. The van der Waals surface area contributed by atoms with Crippen molar-refractivity contribution in [1.82, 2.24) is 0 Å². The summed E-state index contributed by atoms with van der Waals surface area (Å²) in [5, 5.41) is 9.39. The van der Waals surface area contributed by atoms with E-state index in [0.29, 0.717) is 35.1 Å². The monoisotopic (exact) mass is 586 g/mol. The van der Waals surface area contributed by atoms with Crippen molar-refractivity contribution in [1.29, 1.82) is 0 Å². The maximum absolute atomic E-state index is 11.1. The van der Waals surface area contributed by atoms with Gasteiger partial charge < -0.3 is 24.2 Å². The largest absolute Gasteiger partial charge is 0.465 e. The molecule has 0 aromatic rings. The minimum atomic E-state index is -0.704. The minimum Gasteiger partial charge on any atom is -0.465 e. The SMILES string of the molecule is CCC(=O)OCCC[NH+](CCCOC(=O)CI)CCCOC(O)CI. The van der Waals surface area contributed by atoms with Gasteiger partial charge in [0.2, 0.25) is 0 Å². The molecule has 0 saturated carbocycles. The zero-order valence-electron chi connectivity index (χ0n) is 14.8. The van der Waals surface area contributed by atoms with Gasteiger partial charge in [-0.1, -0.05) is 52.1 Å². The average Bonchev–Trinajstić information content (AvgIpc) is 2.63. The molecule has 0 spiro atoms. The van der Waals surface area contributed by atoms with Gasteiger partial charge in [0, 0.05) is 25.7 Å². The molecule has 7 nitrogen and oxygen atoms in total. The Bertz CT molecular complexity index is 336. The highest BCUT2D eigenvalue weighted by molar-refractivity contribution is 14.1. The van der Waals surface area contributed by atoms with E-state index in [1.54, 1.807) is 6.92 Å². The van der Waals surface area contributed by atoms with Crippen LogP contribution < -0.4 is 4.90 Å². The van der Waals surface area contributed by atoms with E-state index >= 15 is 0 Å². The number of rotatable bonds is 16. The molecule has 0 heterocycles. The van der Waals surface area contributed by atoms with E-state index in [0.717, 1.165) is 38.9 Å². The fraction of sp³-hybridized carbons (Fsp3) is 0.875. The molecule has 9 heteroatoms. The predicted octanol–water partition coefficient (Wildman–Crippen LogP) is 0.743. The second-order valence-corrected chi connectivity index (χ2v) is 7.11. The predicted molar refractivity (Wildman–Crippen MR) is 111 cm³/mol. The molecule has 148 valence electrons. The van der Waals surface area contributed by atoms with Crippen LogP contribution in [0.1, 0.15) is 32.6 Å². The van der Waals surface area contributed by atoms with Crippen LogP contribution in [-0.4, -0.2) is 71.6 Å². The maximum Gasteiger partial charge on any atom is 0.315 e. The number of carbonyl (C=O) groups is 2. The number of alkyl halides is 2. The number of nitrogens with one attached hydrogen (secondary N) is 1. The van der Waals surface area contributed by atoms with E-state index in [1.807, 2.05) is 22.6 Å². The molecule has 0 fully saturated rings. The molecule has 0 aromatic heterocycles. The summed E-state index contributed by atoms with van der Waals surface area (Å²) in [6.45, 7) is 5.82. The van der Waals surface area contributed by atoms with Gasteiger partial charge >= 0.3 is 11.9 Å². The normalized spacial score (nSPS) is 13.3. The van der Waals surface area contributed by atoms with Crippen LogP contribution in [0.15, 0.2) is 0 Å². The molecule has 2 unspecified atom stereocenters. The summed E-state index contributed by atoms with van der Waals surface area (Å²) >= 11 is 4.06. The van der Waals surface area contributed by atoms with Gasteiger partial charge in [-0.15, -0.1) is 0 Å². The van der Waals surface area contributed by atoms with Gasteiger partial charge in [0.25, 0.3) is 0 Å². The summed E-state index contributed by atoms with van der Waals surface area (Å²) in [7, 11) is 0. The third kappa shape index (κ3) is 16.2. The number of esters is 2. The molecule has 0 aromatic carbocycles. The van der Waals surface area contributed by atoms with E-state index in [9.17, 15) is 14.7 Å². The van der Waals surface area contributed by atoms with Crippen LogP contribution in [-0.2, 0) is 23.8 Å². The van der Waals surface area contributed by atoms with Crippen LogP contribution in [0, 0.1) is 0 Å². The summed E-state index contributed by atoms with van der Waals surface area (Å²) < 4.78 is 16.4. The van der Waals surface area contributed by atoms with Gasteiger partial charge in [0.1, 0.15) is 0 Å². The number of ether oxygens (including phenoxy) is 3. The van der Waals surface area contributed by atoms with Crippen LogP contribution in [0.2, 0.25) is 0 Å². The fourth-order valence-corrected chi connectivity index (χ4v) is 2.59. The highest BCUT2D eigenvalue weighted by atomic mass is 127. The molecule has 0 amide bonds. The first-order valence-corrected chi connectivity index (χ1v) is 11.6. The zero-order chi connectivity index (χ0) is 18.9. The van der Waals surface area contributed by atoms with Crippen LogP contribution in [0.3, 0.4) is 0 Å². The number of hydrogen-bond acceptors (Lipinski definition) is 6. The molecule has 25 heavy (non-hydrogen) atoms. The standard InChI is InChI=1S/C16H29I2NO6/c1-2-14(20)23-9-3-6-19(7-4-10-24-15(21)12-17)8-5-11-25-16(22)13-18/h15,21H,2-13H2,1H3/p+1. The third-order valence-corrected chi connectivity index (χ3v) is 4.77. The second kappa shape index (κ2) is 17.7. The Balaban J connectivity index is 4.03. The molecule has 0 saturated heterocycles. The highest BCUT2D eigenvalue weighted by Gasteiger charge is 2.11. The Labute approximate surface area is 177 Å². The van der Waals surface area contributed by atoms with Crippen molar-refractivity contribution in [2.24, 2.45) is 0 Å². The first-order chi connectivity index (χ1) is 12.0. The molecular formula is C16H30I2NO6+. The number of hydrogen-bond donors (Lipinski definition) is 2. The van der Waals surface area contributed by atoms with E-state index in [2.05, 4.69) is 22.6 Å². The molecule has 0 aliphatic carbocycles. The molecule has 0 rings (SSSR count). The molecule has 0 radical (unpaired) electrons. The zero-order valence-corrected chi connectivity index (χ0v) is 19.1. The van der Waals surface area contributed by atoms with Crippen LogP contribution in [0.5, 0.6) is 0 Å². The average molecular weight is 586 g/mol. The Morgan fingerprint density at radius 3 is 1.96 bits per heavy atom. The molecule has 0 aliphatic rings. The summed E-state index contributed by atoms with van der Waals surface area (Å²) in [4.78, 5) is 23.6. The topological polar surface area (TPSA) is 86.5 Å².